The molecule has 2 aromatic carbocycles. The first-order valence-corrected chi connectivity index (χ1v) is 6.31. The van der Waals surface area contributed by atoms with Gasteiger partial charge in [0, 0.05) is 9.50 Å². The van der Waals surface area contributed by atoms with Gasteiger partial charge in [0.15, 0.2) is 0 Å². The minimum Gasteiger partial charge on any atom is -0.410 e. The number of carbonyl (C=O) groups excluding carboxylic acids is 1. The fourth-order valence-corrected chi connectivity index (χ4v) is 2.10. The maximum atomic E-state index is 11.6. The van der Waals surface area contributed by atoms with E-state index in [1.807, 2.05) is 6.07 Å². The van der Waals surface area contributed by atoms with E-state index in [0.29, 0.717) is 20.9 Å². The van der Waals surface area contributed by atoms with Crippen LogP contribution in [-0.2, 0) is 0 Å². The molecule has 0 saturated carbocycles. The van der Waals surface area contributed by atoms with Gasteiger partial charge in [-0.05, 0) is 46.3 Å². The van der Waals surface area contributed by atoms with Crippen LogP contribution in [0.4, 0.5) is 10.5 Å². The van der Waals surface area contributed by atoms with E-state index in [1.54, 1.807) is 42.5 Å². The van der Waals surface area contributed by atoms with Gasteiger partial charge in [-0.25, -0.2) is 4.79 Å². The summed E-state index contributed by atoms with van der Waals surface area (Å²) >= 11 is 9.12. The highest BCUT2D eigenvalue weighted by Crippen LogP contribution is 2.26. The molecule has 2 rings (SSSR count). The number of rotatable bonds is 2. The number of hydrogen-bond donors (Lipinski definition) is 1. The quantitative estimate of drug-likeness (QED) is 0.867. The van der Waals surface area contributed by atoms with Gasteiger partial charge in [0.1, 0.15) is 5.75 Å². The second kappa shape index (κ2) is 5.89. The van der Waals surface area contributed by atoms with Gasteiger partial charge in [-0.2, -0.15) is 0 Å². The fraction of sp³-hybridized carbons (Fsp3) is 0. The molecule has 0 heterocycles. The van der Waals surface area contributed by atoms with Crippen molar-refractivity contribution in [3.8, 4) is 5.75 Å². The minimum absolute atomic E-state index is 0.486. The Labute approximate surface area is 118 Å². The summed E-state index contributed by atoms with van der Waals surface area (Å²) in [5, 5.41) is 3.21. The average molecular weight is 327 g/mol. The van der Waals surface area contributed by atoms with Gasteiger partial charge in [0.25, 0.3) is 0 Å². The summed E-state index contributed by atoms with van der Waals surface area (Å²) in [7, 11) is 0. The molecule has 0 atom stereocenters. The second-order valence-corrected chi connectivity index (χ2v) is 4.74. The van der Waals surface area contributed by atoms with Crippen molar-refractivity contribution in [1.82, 2.24) is 0 Å². The van der Waals surface area contributed by atoms with Crippen molar-refractivity contribution in [3.63, 3.8) is 0 Å². The van der Waals surface area contributed by atoms with Gasteiger partial charge in [0.2, 0.25) is 0 Å². The van der Waals surface area contributed by atoms with Crippen molar-refractivity contribution < 1.29 is 9.53 Å². The molecule has 0 aliphatic carbocycles. The molecule has 1 amide bonds. The zero-order valence-electron chi connectivity index (χ0n) is 9.19. The monoisotopic (exact) mass is 325 g/mol. The lowest BCUT2D eigenvalue weighted by Gasteiger charge is -2.08. The Morgan fingerprint density at radius 3 is 2.56 bits per heavy atom. The summed E-state index contributed by atoms with van der Waals surface area (Å²) < 4.78 is 5.79. The molecule has 2 aromatic rings. The molecule has 0 aliphatic rings. The molecular formula is C13H9BrClNO2. The van der Waals surface area contributed by atoms with Crippen molar-refractivity contribution in [2.45, 2.75) is 0 Å². The number of halogens is 2. The Kier molecular flexibility index (Phi) is 4.23. The molecule has 5 heteroatoms. The number of para-hydroxylation sites is 1. The maximum Gasteiger partial charge on any atom is 0.417 e. The number of benzene rings is 2. The van der Waals surface area contributed by atoms with Gasteiger partial charge < -0.3 is 4.74 Å². The zero-order chi connectivity index (χ0) is 13.0. The predicted molar refractivity (Wildman–Crippen MR) is 75.2 cm³/mol. The summed E-state index contributed by atoms with van der Waals surface area (Å²) in [6, 6.07) is 13.9. The molecule has 3 nitrogen and oxygen atoms in total. The predicted octanol–water partition coefficient (Wildman–Crippen LogP) is 4.71. The number of ether oxygens (including phenoxy) is 1. The third-order valence-corrected chi connectivity index (χ3v) is 3.01. The van der Waals surface area contributed by atoms with Gasteiger partial charge in [-0.15, -0.1) is 0 Å². The van der Waals surface area contributed by atoms with Crippen LogP contribution in [0.1, 0.15) is 0 Å². The summed E-state index contributed by atoms with van der Waals surface area (Å²) in [5.74, 6) is 0.486. The molecule has 0 radical (unpaired) electrons. The first-order chi connectivity index (χ1) is 8.65. The molecular weight excluding hydrogens is 318 g/mol. The van der Waals surface area contributed by atoms with Crippen LogP contribution in [0.25, 0.3) is 0 Å². The number of nitrogens with one attached hydrogen (secondary N) is 1. The van der Waals surface area contributed by atoms with Crippen LogP contribution in [0.3, 0.4) is 0 Å². The lowest BCUT2D eigenvalue weighted by Crippen LogP contribution is -2.16. The van der Waals surface area contributed by atoms with E-state index in [1.165, 1.54) is 0 Å². The maximum absolute atomic E-state index is 11.6. The Bertz CT molecular complexity index is 560. The first kappa shape index (κ1) is 12.9. The van der Waals surface area contributed by atoms with Crippen molar-refractivity contribution >= 4 is 39.3 Å². The smallest absolute Gasteiger partial charge is 0.410 e. The highest BCUT2D eigenvalue weighted by Gasteiger charge is 2.07. The van der Waals surface area contributed by atoms with Crippen molar-refractivity contribution in [1.29, 1.82) is 0 Å². The van der Waals surface area contributed by atoms with Crippen molar-refractivity contribution in [2.75, 3.05) is 5.32 Å². The van der Waals surface area contributed by atoms with E-state index in [9.17, 15) is 4.79 Å². The molecule has 0 saturated heterocycles. The fourth-order valence-electron chi connectivity index (χ4n) is 1.32. The number of anilines is 1. The summed E-state index contributed by atoms with van der Waals surface area (Å²) in [5.41, 5.74) is 0.598. The molecule has 18 heavy (non-hydrogen) atoms. The highest BCUT2D eigenvalue weighted by atomic mass is 79.9. The first-order valence-electron chi connectivity index (χ1n) is 5.14. The number of amides is 1. The average Bonchev–Trinajstić information content (AvgIpc) is 2.34. The van der Waals surface area contributed by atoms with Gasteiger partial charge >= 0.3 is 6.09 Å². The molecule has 0 bridgehead atoms. The van der Waals surface area contributed by atoms with E-state index in [2.05, 4.69) is 21.2 Å². The Hall–Kier alpha value is -1.52. The molecule has 0 aliphatic heterocycles. The van der Waals surface area contributed by atoms with E-state index in [-0.39, 0.29) is 0 Å². The zero-order valence-corrected chi connectivity index (χ0v) is 11.5. The normalized spacial score (nSPS) is 9.89. The van der Waals surface area contributed by atoms with Crippen LogP contribution in [0.5, 0.6) is 5.75 Å². The van der Waals surface area contributed by atoms with E-state index in [4.69, 9.17) is 16.3 Å². The van der Waals surface area contributed by atoms with Crippen LogP contribution in [-0.4, -0.2) is 6.09 Å². The Morgan fingerprint density at radius 2 is 1.89 bits per heavy atom. The Morgan fingerprint density at radius 1 is 1.17 bits per heavy atom. The molecule has 92 valence electrons. The van der Waals surface area contributed by atoms with Crippen molar-refractivity contribution in [2.24, 2.45) is 0 Å². The lowest BCUT2D eigenvalue weighted by molar-refractivity contribution is 0.215. The minimum atomic E-state index is -0.552. The van der Waals surface area contributed by atoms with Crippen LogP contribution in [0, 0.1) is 0 Å². The van der Waals surface area contributed by atoms with E-state index in [0.717, 1.165) is 0 Å². The Balaban J connectivity index is 2.03. The summed E-state index contributed by atoms with van der Waals surface area (Å²) in [6.07, 6.45) is -0.552. The number of hydrogen-bond acceptors (Lipinski definition) is 2. The van der Waals surface area contributed by atoms with Crippen LogP contribution >= 0.6 is 27.5 Å². The third kappa shape index (κ3) is 3.48. The van der Waals surface area contributed by atoms with Crippen LogP contribution in [0.2, 0.25) is 5.02 Å². The van der Waals surface area contributed by atoms with Crippen molar-refractivity contribution in [3.05, 3.63) is 58.0 Å². The molecule has 0 unspecified atom stereocenters. The topological polar surface area (TPSA) is 38.3 Å². The van der Waals surface area contributed by atoms with E-state index < -0.39 is 6.09 Å². The summed E-state index contributed by atoms with van der Waals surface area (Å²) in [4.78, 5) is 11.6. The molecule has 0 aromatic heterocycles. The standard InChI is InChI=1S/C13H9BrClNO2/c14-11-8-9(15)6-7-12(11)16-13(17)18-10-4-2-1-3-5-10/h1-8H,(H,16,17). The third-order valence-electron chi connectivity index (χ3n) is 2.12. The highest BCUT2D eigenvalue weighted by molar-refractivity contribution is 9.10. The van der Waals surface area contributed by atoms with Crippen LogP contribution < -0.4 is 10.1 Å². The number of carbonyl (C=O) groups is 1. The second-order valence-electron chi connectivity index (χ2n) is 3.45. The molecule has 0 spiro atoms. The summed E-state index contributed by atoms with van der Waals surface area (Å²) in [6.45, 7) is 0. The largest absolute Gasteiger partial charge is 0.417 e. The molecule has 0 fully saturated rings. The van der Waals surface area contributed by atoms with E-state index >= 15 is 0 Å². The van der Waals surface area contributed by atoms with Crippen LogP contribution in [0.15, 0.2) is 53.0 Å². The van der Waals surface area contributed by atoms with Gasteiger partial charge in [-0.1, -0.05) is 29.8 Å². The molecule has 1 N–H and O–H groups in total. The SMILES string of the molecule is O=C(Nc1ccc(Cl)cc1Br)Oc1ccccc1. The lowest BCUT2D eigenvalue weighted by atomic mass is 10.3. The van der Waals surface area contributed by atoms with Gasteiger partial charge in [0.05, 0.1) is 5.69 Å². The van der Waals surface area contributed by atoms with Gasteiger partial charge in [-0.3, -0.25) is 5.32 Å².